The van der Waals surface area contributed by atoms with Gasteiger partial charge in [-0.25, -0.2) is 0 Å². The van der Waals surface area contributed by atoms with Crippen LogP contribution in [0, 0.1) is 0 Å². The molecule has 1 aromatic heterocycles. The summed E-state index contributed by atoms with van der Waals surface area (Å²) in [6, 6.07) is 0.131. The number of nitrogen functional groups attached to an aromatic ring is 1. The normalized spacial score (nSPS) is 9.89. The van der Waals surface area contributed by atoms with Crippen LogP contribution in [0.3, 0.4) is 0 Å². The highest BCUT2D eigenvalue weighted by atomic mass is 32.2. The van der Waals surface area contributed by atoms with Crippen molar-refractivity contribution in [3.8, 4) is 0 Å². The fraction of sp³-hybridized carbons (Fsp3) is 0.500. The Morgan fingerprint density at radius 1 is 1.67 bits per heavy atom. The summed E-state index contributed by atoms with van der Waals surface area (Å²) >= 11 is 1.48. The third-order valence-electron chi connectivity index (χ3n) is 0.690. The molecule has 1 heterocycles. The second-order valence-corrected chi connectivity index (χ2v) is 2.55. The Kier molecular flexibility index (Phi) is 1.94. The fourth-order valence-corrected chi connectivity index (χ4v) is 0.892. The van der Waals surface area contributed by atoms with Gasteiger partial charge in [-0.15, -0.1) is 0 Å². The van der Waals surface area contributed by atoms with E-state index in [1.807, 2.05) is 6.92 Å². The lowest BCUT2D eigenvalue weighted by Crippen LogP contribution is -1.81. The quantitative estimate of drug-likeness (QED) is 0.622. The van der Waals surface area contributed by atoms with E-state index in [2.05, 4.69) is 10.2 Å². The van der Waals surface area contributed by atoms with E-state index in [1.54, 1.807) is 0 Å². The number of thioether (sulfide) groups is 1. The minimum Gasteiger partial charge on any atom is -0.398 e. The molecule has 0 aliphatic heterocycles. The van der Waals surface area contributed by atoms with E-state index < -0.39 is 0 Å². The molecule has 9 heavy (non-hydrogen) atoms. The Morgan fingerprint density at radius 2 is 2.44 bits per heavy atom. The third-order valence-corrected chi connectivity index (χ3v) is 1.39. The molecular formula is C4H7N3OS. The first-order chi connectivity index (χ1) is 4.33. The van der Waals surface area contributed by atoms with Crippen LogP contribution in [-0.4, -0.2) is 16.0 Å². The highest BCUT2D eigenvalue weighted by Crippen LogP contribution is 2.15. The molecule has 0 fully saturated rings. The van der Waals surface area contributed by atoms with Crippen LogP contribution in [0.5, 0.6) is 0 Å². The fourth-order valence-electron chi connectivity index (χ4n) is 0.402. The van der Waals surface area contributed by atoms with Crippen molar-refractivity contribution in [1.29, 1.82) is 0 Å². The predicted octanol–water partition coefficient (Wildman–Crippen LogP) is 0.764. The summed E-state index contributed by atoms with van der Waals surface area (Å²) in [7, 11) is 0. The summed E-state index contributed by atoms with van der Waals surface area (Å²) in [6.07, 6.45) is 0. The average molecular weight is 145 g/mol. The number of nitrogens with two attached hydrogens (primary N) is 1. The van der Waals surface area contributed by atoms with E-state index in [0.29, 0.717) is 5.22 Å². The van der Waals surface area contributed by atoms with Crippen LogP contribution in [0.4, 0.5) is 6.01 Å². The van der Waals surface area contributed by atoms with Gasteiger partial charge in [0.25, 0.3) is 5.22 Å². The number of rotatable bonds is 2. The maximum Gasteiger partial charge on any atom is 0.313 e. The molecule has 0 unspecified atom stereocenters. The molecule has 2 N–H and O–H groups in total. The second kappa shape index (κ2) is 2.72. The van der Waals surface area contributed by atoms with Gasteiger partial charge in [0.05, 0.1) is 0 Å². The van der Waals surface area contributed by atoms with Crippen LogP contribution in [-0.2, 0) is 0 Å². The van der Waals surface area contributed by atoms with Crippen molar-refractivity contribution in [2.24, 2.45) is 0 Å². The van der Waals surface area contributed by atoms with Gasteiger partial charge in [-0.3, -0.25) is 0 Å². The maximum absolute atomic E-state index is 5.16. The van der Waals surface area contributed by atoms with Gasteiger partial charge in [0, 0.05) is 0 Å². The van der Waals surface area contributed by atoms with Crippen LogP contribution in [0.1, 0.15) is 6.92 Å². The monoisotopic (exact) mass is 145 g/mol. The van der Waals surface area contributed by atoms with Crippen LogP contribution in [0.2, 0.25) is 0 Å². The minimum atomic E-state index is 0.131. The molecule has 0 aliphatic carbocycles. The third kappa shape index (κ3) is 1.60. The van der Waals surface area contributed by atoms with E-state index in [4.69, 9.17) is 10.2 Å². The predicted molar refractivity (Wildman–Crippen MR) is 35.1 cm³/mol. The summed E-state index contributed by atoms with van der Waals surface area (Å²) < 4.78 is 4.84. The van der Waals surface area contributed by atoms with Gasteiger partial charge in [-0.2, -0.15) is 0 Å². The van der Waals surface area contributed by atoms with Crippen molar-refractivity contribution in [3.63, 3.8) is 0 Å². The molecule has 5 heteroatoms. The van der Waals surface area contributed by atoms with Crippen LogP contribution >= 0.6 is 11.8 Å². The van der Waals surface area contributed by atoms with Crippen molar-refractivity contribution in [1.82, 2.24) is 10.2 Å². The van der Waals surface area contributed by atoms with Gasteiger partial charge in [0.15, 0.2) is 0 Å². The topological polar surface area (TPSA) is 64.9 Å². The van der Waals surface area contributed by atoms with Crippen LogP contribution in [0.15, 0.2) is 9.64 Å². The lowest BCUT2D eigenvalue weighted by molar-refractivity contribution is 0.470. The van der Waals surface area contributed by atoms with Gasteiger partial charge in [0.1, 0.15) is 0 Å². The Balaban J connectivity index is 2.61. The molecule has 50 valence electrons. The van der Waals surface area contributed by atoms with E-state index in [9.17, 15) is 0 Å². The summed E-state index contributed by atoms with van der Waals surface area (Å²) in [5.41, 5.74) is 5.16. The van der Waals surface area contributed by atoms with Gasteiger partial charge < -0.3 is 10.2 Å². The van der Waals surface area contributed by atoms with Gasteiger partial charge in [-0.1, -0.05) is 28.9 Å². The first-order valence-corrected chi connectivity index (χ1v) is 3.53. The molecule has 0 aliphatic rings. The smallest absolute Gasteiger partial charge is 0.313 e. The van der Waals surface area contributed by atoms with E-state index in [1.165, 1.54) is 11.8 Å². The highest BCUT2D eigenvalue weighted by Gasteiger charge is 1.99. The maximum atomic E-state index is 5.16. The molecule has 0 saturated carbocycles. The number of hydrogen-bond acceptors (Lipinski definition) is 5. The molecule has 0 bridgehead atoms. The molecule has 4 nitrogen and oxygen atoms in total. The van der Waals surface area contributed by atoms with Crippen molar-refractivity contribution < 1.29 is 4.42 Å². The van der Waals surface area contributed by atoms with Crippen molar-refractivity contribution in [2.45, 2.75) is 12.1 Å². The first-order valence-electron chi connectivity index (χ1n) is 2.54. The highest BCUT2D eigenvalue weighted by molar-refractivity contribution is 7.99. The molecule has 0 radical (unpaired) electrons. The second-order valence-electron chi connectivity index (χ2n) is 1.34. The van der Waals surface area contributed by atoms with Crippen molar-refractivity contribution in [2.75, 3.05) is 11.5 Å². The zero-order chi connectivity index (χ0) is 6.69. The van der Waals surface area contributed by atoms with Crippen molar-refractivity contribution >= 4 is 17.8 Å². The van der Waals surface area contributed by atoms with Gasteiger partial charge in [0.2, 0.25) is 0 Å². The van der Waals surface area contributed by atoms with Crippen LogP contribution in [0.25, 0.3) is 0 Å². The number of hydrogen-bond donors (Lipinski definition) is 1. The summed E-state index contributed by atoms with van der Waals surface area (Å²) in [4.78, 5) is 0. The summed E-state index contributed by atoms with van der Waals surface area (Å²) in [6.45, 7) is 2.01. The molecule has 0 atom stereocenters. The number of nitrogens with zero attached hydrogens (tertiary/aromatic N) is 2. The van der Waals surface area contributed by atoms with Crippen molar-refractivity contribution in [3.05, 3.63) is 0 Å². The van der Waals surface area contributed by atoms with Gasteiger partial charge in [-0.05, 0) is 5.75 Å². The first kappa shape index (κ1) is 6.41. The number of aromatic nitrogens is 2. The van der Waals surface area contributed by atoms with Crippen LogP contribution < -0.4 is 5.73 Å². The largest absolute Gasteiger partial charge is 0.398 e. The zero-order valence-corrected chi connectivity index (χ0v) is 5.81. The lowest BCUT2D eigenvalue weighted by atomic mass is 11.0. The molecule has 0 aromatic carbocycles. The average Bonchev–Trinajstić information content (AvgIpc) is 2.17. The Hall–Kier alpha value is -0.710. The minimum absolute atomic E-state index is 0.131. The molecule has 1 aromatic rings. The Labute approximate surface area is 56.8 Å². The summed E-state index contributed by atoms with van der Waals surface area (Å²) in [5.74, 6) is 0.918. The van der Waals surface area contributed by atoms with E-state index >= 15 is 0 Å². The zero-order valence-electron chi connectivity index (χ0n) is 5.00. The van der Waals surface area contributed by atoms with E-state index in [-0.39, 0.29) is 6.01 Å². The molecule has 0 spiro atoms. The van der Waals surface area contributed by atoms with E-state index in [0.717, 1.165) is 5.75 Å². The lowest BCUT2D eigenvalue weighted by Gasteiger charge is -1.83. The SMILES string of the molecule is CCSc1nnc(N)o1. The van der Waals surface area contributed by atoms with Gasteiger partial charge >= 0.3 is 6.01 Å². The Morgan fingerprint density at radius 3 is 2.89 bits per heavy atom. The standard InChI is InChI=1S/C4H7N3OS/c1-2-9-4-7-6-3(5)8-4/h2H2,1H3,(H2,5,6). The molecule has 1 rings (SSSR count). The Bertz CT molecular complexity index is 188. The molecule has 0 saturated heterocycles. The number of anilines is 1. The molecule has 0 amide bonds. The summed E-state index contributed by atoms with van der Waals surface area (Å²) in [5, 5.41) is 7.64. The molecular weight excluding hydrogens is 138 g/mol.